The molecule has 4 nitrogen and oxygen atoms in total. The molecule has 26 heavy (non-hydrogen) atoms. The van der Waals surface area contributed by atoms with Gasteiger partial charge in [0.1, 0.15) is 0 Å². The highest BCUT2D eigenvalue weighted by Crippen LogP contribution is 2.31. The lowest BCUT2D eigenvalue weighted by Crippen LogP contribution is -2.50. The van der Waals surface area contributed by atoms with Crippen LogP contribution in [0.1, 0.15) is 24.8 Å². The molecular formula is C22H27N3O. The lowest BCUT2D eigenvalue weighted by atomic mass is 9.98. The quantitative estimate of drug-likeness (QED) is 0.874. The van der Waals surface area contributed by atoms with Gasteiger partial charge < -0.3 is 15.1 Å². The van der Waals surface area contributed by atoms with Crippen LogP contribution in [0.15, 0.2) is 48.5 Å². The molecule has 0 aliphatic carbocycles. The number of hydrogen-bond donors (Lipinski definition) is 1. The summed E-state index contributed by atoms with van der Waals surface area (Å²) in [6.45, 7) is 4.06. The second-order valence-corrected chi connectivity index (χ2v) is 7.57. The van der Waals surface area contributed by atoms with Crippen LogP contribution >= 0.6 is 0 Å². The number of urea groups is 1. The second kappa shape index (κ2) is 7.12. The van der Waals surface area contributed by atoms with E-state index in [1.807, 2.05) is 29.2 Å². The Kier molecular flexibility index (Phi) is 4.68. The highest BCUT2D eigenvalue weighted by atomic mass is 16.2. The summed E-state index contributed by atoms with van der Waals surface area (Å²) < 4.78 is 0. The Labute approximate surface area is 155 Å². The Morgan fingerprint density at radius 2 is 1.81 bits per heavy atom. The summed E-state index contributed by atoms with van der Waals surface area (Å²) in [4.78, 5) is 17.3. The molecular weight excluding hydrogens is 322 g/mol. The van der Waals surface area contributed by atoms with Crippen molar-refractivity contribution in [2.24, 2.45) is 0 Å². The number of nitrogens with zero attached hydrogens (tertiary/aromatic N) is 2. The summed E-state index contributed by atoms with van der Waals surface area (Å²) in [6, 6.07) is 17.5. The van der Waals surface area contributed by atoms with Crippen LogP contribution in [0, 0.1) is 6.92 Å². The predicted molar refractivity (Wildman–Crippen MR) is 106 cm³/mol. The molecule has 2 aromatic rings. The summed E-state index contributed by atoms with van der Waals surface area (Å²) >= 11 is 0. The van der Waals surface area contributed by atoms with Crippen molar-refractivity contribution in [1.82, 2.24) is 9.80 Å². The van der Waals surface area contributed by atoms with Crippen LogP contribution < -0.4 is 5.32 Å². The molecule has 0 radical (unpaired) electrons. The van der Waals surface area contributed by atoms with Gasteiger partial charge in [0.05, 0.1) is 0 Å². The van der Waals surface area contributed by atoms with Gasteiger partial charge in [-0.1, -0.05) is 36.4 Å². The van der Waals surface area contributed by atoms with Crippen molar-refractivity contribution in [3.05, 3.63) is 54.1 Å². The van der Waals surface area contributed by atoms with Crippen LogP contribution in [-0.4, -0.2) is 48.1 Å². The van der Waals surface area contributed by atoms with Gasteiger partial charge in [-0.05, 0) is 68.6 Å². The average Bonchev–Trinajstić information content (AvgIpc) is 3.10. The smallest absolute Gasteiger partial charge is 0.320 e. The van der Waals surface area contributed by atoms with Gasteiger partial charge in [0.15, 0.2) is 0 Å². The van der Waals surface area contributed by atoms with Gasteiger partial charge in [-0.3, -0.25) is 0 Å². The predicted octanol–water partition coefficient (Wildman–Crippen LogP) is 4.36. The van der Waals surface area contributed by atoms with Crippen LogP contribution in [0.5, 0.6) is 0 Å². The number of hydrogen-bond acceptors (Lipinski definition) is 2. The molecule has 1 N–H and O–H groups in total. The maximum Gasteiger partial charge on any atom is 0.322 e. The lowest BCUT2D eigenvalue weighted by Gasteiger charge is -2.37. The molecule has 0 spiro atoms. The number of piperidine rings is 1. The van der Waals surface area contributed by atoms with Crippen LogP contribution in [0.4, 0.5) is 10.5 Å². The fourth-order valence-corrected chi connectivity index (χ4v) is 4.47. The van der Waals surface area contributed by atoms with Crippen molar-refractivity contribution < 1.29 is 4.79 Å². The van der Waals surface area contributed by atoms with Gasteiger partial charge in [0, 0.05) is 24.3 Å². The minimum atomic E-state index is 0.0448. The molecule has 2 saturated heterocycles. The first-order valence-electron chi connectivity index (χ1n) is 9.57. The summed E-state index contributed by atoms with van der Waals surface area (Å²) in [5, 5.41) is 3.15. The molecule has 2 fully saturated rings. The SMILES string of the molecule is Cc1cc(-c2ccccc2)ccc1NC(=O)N1CCC2C1CCCN2C. The zero-order valence-electron chi connectivity index (χ0n) is 15.6. The molecule has 0 bridgehead atoms. The average molecular weight is 349 g/mol. The normalized spacial score (nSPS) is 22.9. The van der Waals surface area contributed by atoms with Crippen LogP contribution in [0.25, 0.3) is 11.1 Å². The topological polar surface area (TPSA) is 35.6 Å². The summed E-state index contributed by atoms with van der Waals surface area (Å²) in [7, 11) is 2.19. The fraction of sp³-hybridized carbons (Fsp3) is 0.409. The van der Waals surface area contributed by atoms with Gasteiger partial charge in [-0.2, -0.15) is 0 Å². The first-order valence-corrected chi connectivity index (χ1v) is 9.57. The van der Waals surface area contributed by atoms with Gasteiger partial charge in [-0.15, -0.1) is 0 Å². The van der Waals surface area contributed by atoms with E-state index in [1.54, 1.807) is 0 Å². The molecule has 2 aromatic carbocycles. The van der Waals surface area contributed by atoms with Crippen molar-refractivity contribution >= 4 is 11.7 Å². The number of likely N-dealkylation sites (N-methyl/N-ethyl adjacent to an activating group) is 1. The van der Waals surface area contributed by atoms with Gasteiger partial charge in [0.2, 0.25) is 0 Å². The molecule has 2 aliphatic rings. The standard InChI is InChI=1S/C22H27N3O/c1-16-15-18(17-7-4-3-5-8-17)10-11-19(16)23-22(26)25-14-12-20-21(25)9-6-13-24(20)2/h3-5,7-8,10-11,15,20-21H,6,9,12-14H2,1-2H3,(H,23,26). The van der Waals surface area contributed by atoms with E-state index < -0.39 is 0 Å². The van der Waals surface area contributed by atoms with Gasteiger partial charge in [-0.25, -0.2) is 4.79 Å². The zero-order chi connectivity index (χ0) is 18.1. The maximum atomic E-state index is 12.9. The minimum Gasteiger partial charge on any atom is -0.320 e. The van der Waals surface area contributed by atoms with Gasteiger partial charge in [0.25, 0.3) is 0 Å². The number of carbonyl (C=O) groups is 1. The number of anilines is 1. The summed E-state index contributed by atoms with van der Waals surface area (Å²) in [6.07, 6.45) is 3.38. The molecule has 0 aromatic heterocycles. The van der Waals surface area contributed by atoms with Crippen LogP contribution in [0.2, 0.25) is 0 Å². The molecule has 2 amide bonds. The number of fused-ring (bicyclic) bond motifs is 1. The van der Waals surface area contributed by atoms with E-state index in [0.717, 1.165) is 37.2 Å². The Hall–Kier alpha value is -2.33. The Bertz CT molecular complexity index is 789. The summed E-state index contributed by atoms with van der Waals surface area (Å²) in [5.74, 6) is 0. The first kappa shape index (κ1) is 17.1. The highest BCUT2D eigenvalue weighted by Gasteiger charge is 2.40. The Morgan fingerprint density at radius 3 is 2.58 bits per heavy atom. The third-order valence-electron chi connectivity index (χ3n) is 5.92. The molecule has 4 heteroatoms. The van der Waals surface area contributed by atoms with Crippen molar-refractivity contribution in [3.63, 3.8) is 0 Å². The number of rotatable bonds is 2. The number of carbonyl (C=O) groups excluding carboxylic acids is 1. The van der Waals surface area contributed by atoms with E-state index in [9.17, 15) is 4.79 Å². The first-order chi connectivity index (χ1) is 12.6. The molecule has 2 unspecified atom stereocenters. The van der Waals surface area contributed by atoms with Crippen molar-refractivity contribution in [1.29, 1.82) is 0 Å². The van der Waals surface area contributed by atoms with Crippen LogP contribution in [-0.2, 0) is 0 Å². The van der Waals surface area contributed by atoms with Crippen molar-refractivity contribution in [3.8, 4) is 11.1 Å². The third kappa shape index (κ3) is 3.21. The third-order valence-corrected chi connectivity index (χ3v) is 5.92. The second-order valence-electron chi connectivity index (χ2n) is 7.57. The van der Waals surface area contributed by atoms with Gasteiger partial charge >= 0.3 is 6.03 Å². The number of amides is 2. The van der Waals surface area contributed by atoms with E-state index >= 15 is 0 Å². The van der Waals surface area contributed by atoms with Crippen molar-refractivity contribution in [2.45, 2.75) is 38.3 Å². The van der Waals surface area contributed by atoms with E-state index in [2.05, 4.69) is 48.5 Å². The molecule has 2 aliphatic heterocycles. The molecule has 2 atom stereocenters. The fourth-order valence-electron chi connectivity index (χ4n) is 4.47. The van der Waals surface area contributed by atoms with E-state index in [-0.39, 0.29) is 6.03 Å². The Morgan fingerprint density at radius 1 is 1.00 bits per heavy atom. The monoisotopic (exact) mass is 349 g/mol. The number of nitrogens with one attached hydrogen (secondary N) is 1. The summed E-state index contributed by atoms with van der Waals surface area (Å²) in [5.41, 5.74) is 4.37. The maximum absolute atomic E-state index is 12.9. The molecule has 136 valence electrons. The molecule has 0 saturated carbocycles. The van der Waals surface area contributed by atoms with Crippen LogP contribution in [0.3, 0.4) is 0 Å². The lowest BCUT2D eigenvalue weighted by molar-refractivity contribution is 0.129. The number of aryl methyl sites for hydroxylation is 1. The van der Waals surface area contributed by atoms with E-state index in [4.69, 9.17) is 0 Å². The number of likely N-dealkylation sites (tertiary alicyclic amines) is 2. The zero-order valence-corrected chi connectivity index (χ0v) is 15.6. The molecule has 2 heterocycles. The molecule has 4 rings (SSSR count). The minimum absolute atomic E-state index is 0.0448. The highest BCUT2D eigenvalue weighted by molar-refractivity contribution is 5.91. The van der Waals surface area contributed by atoms with Crippen molar-refractivity contribution in [2.75, 3.05) is 25.5 Å². The largest absolute Gasteiger partial charge is 0.322 e. The van der Waals surface area contributed by atoms with E-state index in [0.29, 0.717) is 12.1 Å². The Balaban J connectivity index is 1.48. The number of benzene rings is 2. The van der Waals surface area contributed by atoms with E-state index in [1.165, 1.54) is 17.5 Å².